The molecule has 0 aliphatic rings. The van der Waals surface area contributed by atoms with E-state index in [0.717, 1.165) is 5.56 Å². The Morgan fingerprint density at radius 2 is 1.81 bits per heavy atom. The van der Waals surface area contributed by atoms with Crippen LogP contribution in [0.5, 0.6) is 0 Å². The van der Waals surface area contributed by atoms with Crippen molar-refractivity contribution in [2.75, 3.05) is 13.2 Å². The van der Waals surface area contributed by atoms with E-state index in [4.69, 9.17) is 9.15 Å². The van der Waals surface area contributed by atoms with Gasteiger partial charge in [-0.1, -0.05) is 32.9 Å². The van der Waals surface area contributed by atoms with Crippen LogP contribution in [0.2, 0.25) is 0 Å². The van der Waals surface area contributed by atoms with Crippen molar-refractivity contribution in [2.45, 2.75) is 51.0 Å². The molecule has 0 fully saturated rings. The molecule has 1 aromatic heterocycles. The summed E-state index contributed by atoms with van der Waals surface area (Å²) in [6, 6.07) is 10.3. The minimum atomic E-state index is -3.78. The number of hydrogen-bond donors (Lipinski definition) is 0. The standard InChI is InChI=1S/C20H27NO5S/c1-5-25-19(22)12-13-21(15-17-7-6-14-26-17)27(23,24)18-10-8-16(9-11-18)20(2,3)4/h6-11,14H,5,12-13,15H2,1-4H3. The molecule has 0 saturated carbocycles. The van der Waals surface area contributed by atoms with E-state index < -0.39 is 16.0 Å². The van der Waals surface area contributed by atoms with Crippen molar-refractivity contribution in [1.82, 2.24) is 4.31 Å². The Morgan fingerprint density at radius 3 is 2.33 bits per heavy atom. The van der Waals surface area contributed by atoms with E-state index in [1.54, 1.807) is 31.2 Å². The van der Waals surface area contributed by atoms with Crippen molar-refractivity contribution in [3.05, 3.63) is 54.0 Å². The molecule has 7 heteroatoms. The molecule has 0 atom stereocenters. The molecule has 0 amide bonds. The summed E-state index contributed by atoms with van der Waals surface area (Å²) in [5.41, 5.74) is 0.977. The van der Waals surface area contributed by atoms with E-state index in [2.05, 4.69) is 20.8 Å². The normalized spacial score (nSPS) is 12.3. The van der Waals surface area contributed by atoms with E-state index in [1.807, 2.05) is 12.1 Å². The van der Waals surface area contributed by atoms with Gasteiger partial charge in [0, 0.05) is 6.54 Å². The van der Waals surface area contributed by atoms with Crippen molar-refractivity contribution >= 4 is 16.0 Å². The number of benzene rings is 1. The third-order valence-electron chi connectivity index (χ3n) is 4.14. The minimum Gasteiger partial charge on any atom is -0.468 e. The first kappa shape index (κ1) is 21.2. The van der Waals surface area contributed by atoms with Crippen LogP contribution in [0.4, 0.5) is 0 Å². The zero-order valence-electron chi connectivity index (χ0n) is 16.3. The first-order valence-corrected chi connectivity index (χ1v) is 10.4. The van der Waals surface area contributed by atoms with Gasteiger partial charge in [0.05, 0.1) is 30.7 Å². The fourth-order valence-corrected chi connectivity index (χ4v) is 3.99. The highest BCUT2D eigenvalue weighted by molar-refractivity contribution is 7.89. The van der Waals surface area contributed by atoms with Gasteiger partial charge in [0.25, 0.3) is 0 Å². The fraction of sp³-hybridized carbons (Fsp3) is 0.450. The third kappa shape index (κ3) is 5.68. The molecule has 27 heavy (non-hydrogen) atoms. The Balaban J connectivity index is 2.26. The van der Waals surface area contributed by atoms with Gasteiger partial charge in [0.1, 0.15) is 5.76 Å². The Kier molecular flexibility index (Phi) is 6.84. The molecule has 0 aliphatic heterocycles. The van der Waals surface area contributed by atoms with Crippen molar-refractivity contribution < 1.29 is 22.4 Å². The molecule has 0 spiro atoms. The van der Waals surface area contributed by atoms with Crippen LogP contribution in [-0.4, -0.2) is 31.8 Å². The van der Waals surface area contributed by atoms with Crippen molar-refractivity contribution in [3.8, 4) is 0 Å². The topological polar surface area (TPSA) is 76.8 Å². The maximum atomic E-state index is 13.1. The van der Waals surface area contributed by atoms with Crippen LogP contribution in [0.15, 0.2) is 52.0 Å². The highest BCUT2D eigenvalue weighted by Gasteiger charge is 2.27. The Labute approximate surface area is 161 Å². The van der Waals surface area contributed by atoms with Crippen molar-refractivity contribution in [3.63, 3.8) is 0 Å². The van der Waals surface area contributed by atoms with Crippen molar-refractivity contribution in [2.24, 2.45) is 0 Å². The number of rotatable bonds is 8. The molecule has 0 aliphatic carbocycles. The van der Waals surface area contributed by atoms with Gasteiger partial charge < -0.3 is 9.15 Å². The second kappa shape index (κ2) is 8.71. The SMILES string of the molecule is CCOC(=O)CCN(Cc1ccco1)S(=O)(=O)c1ccc(C(C)(C)C)cc1. The van der Waals surface area contributed by atoms with Crippen LogP contribution in [0.1, 0.15) is 45.4 Å². The summed E-state index contributed by atoms with van der Waals surface area (Å²) in [5, 5.41) is 0. The maximum absolute atomic E-state index is 13.1. The van der Waals surface area contributed by atoms with Crippen LogP contribution < -0.4 is 0 Å². The molecule has 0 N–H and O–H groups in total. The smallest absolute Gasteiger partial charge is 0.307 e. The molecule has 0 radical (unpaired) electrons. The van der Waals surface area contributed by atoms with Gasteiger partial charge in [-0.2, -0.15) is 4.31 Å². The number of esters is 1. The van der Waals surface area contributed by atoms with Crippen LogP contribution >= 0.6 is 0 Å². The first-order valence-electron chi connectivity index (χ1n) is 8.93. The highest BCUT2D eigenvalue weighted by atomic mass is 32.2. The summed E-state index contributed by atoms with van der Waals surface area (Å²) in [4.78, 5) is 11.9. The van der Waals surface area contributed by atoms with Crippen molar-refractivity contribution in [1.29, 1.82) is 0 Å². The fourth-order valence-electron chi connectivity index (χ4n) is 2.59. The van der Waals surface area contributed by atoms with Gasteiger partial charge in [-0.3, -0.25) is 4.79 Å². The molecule has 2 aromatic rings. The number of carbonyl (C=O) groups is 1. The molecule has 0 saturated heterocycles. The number of nitrogens with zero attached hydrogens (tertiary/aromatic N) is 1. The van der Waals surface area contributed by atoms with Gasteiger partial charge in [-0.05, 0) is 42.2 Å². The predicted octanol–water partition coefficient (Wildman–Crippen LogP) is 3.72. The molecule has 1 aromatic carbocycles. The zero-order chi connectivity index (χ0) is 20.1. The lowest BCUT2D eigenvalue weighted by Gasteiger charge is -2.22. The van der Waals surface area contributed by atoms with E-state index in [0.29, 0.717) is 5.76 Å². The van der Waals surface area contributed by atoms with Crippen LogP contribution in [-0.2, 0) is 31.5 Å². The number of carbonyl (C=O) groups excluding carboxylic acids is 1. The summed E-state index contributed by atoms with van der Waals surface area (Å²) in [6.07, 6.45) is 1.47. The molecular formula is C20H27NO5S. The Bertz CT molecular complexity index is 833. The van der Waals surface area contributed by atoms with Gasteiger partial charge in [0.15, 0.2) is 0 Å². The maximum Gasteiger partial charge on any atom is 0.307 e. The highest BCUT2D eigenvalue weighted by Crippen LogP contribution is 2.25. The van der Waals surface area contributed by atoms with E-state index in [1.165, 1.54) is 10.6 Å². The molecule has 1 heterocycles. The quantitative estimate of drug-likeness (QED) is 0.639. The molecule has 2 rings (SSSR count). The van der Waals surface area contributed by atoms with E-state index >= 15 is 0 Å². The van der Waals surface area contributed by atoms with Gasteiger partial charge >= 0.3 is 5.97 Å². The minimum absolute atomic E-state index is 0.0168. The van der Waals surface area contributed by atoms with Crippen LogP contribution in [0.25, 0.3) is 0 Å². The van der Waals surface area contributed by atoms with Crippen LogP contribution in [0.3, 0.4) is 0 Å². The second-order valence-electron chi connectivity index (χ2n) is 7.25. The summed E-state index contributed by atoms with van der Waals surface area (Å²) < 4.78 is 37.7. The molecule has 0 bridgehead atoms. The summed E-state index contributed by atoms with van der Waals surface area (Å²) >= 11 is 0. The molecule has 148 valence electrons. The monoisotopic (exact) mass is 393 g/mol. The van der Waals surface area contributed by atoms with E-state index in [-0.39, 0.29) is 36.4 Å². The summed E-state index contributed by atoms with van der Waals surface area (Å²) in [5.74, 6) is 0.0778. The molecular weight excluding hydrogens is 366 g/mol. The lowest BCUT2D eigenvalue weighted by molar-refractivity contribution is -0.143. The van der Waals surface area contributed by atoms with Gasteiger partial charge in [-0.15, -0.1) is 0 Å². The zero-order valence-corrected chi connectivity index (χ0v) is 17.1. The number of hydrogen-bond acceptors (Lipinski definition) is 5. The van der Waals surface area contributed by atoms with Crippen LogP contribution in [0, 0.1) is 0 Å². The third-order valence-corrected chi connectivity index (χ3v) is 6.00. The Morgan fingerprint density at radius 1 is 1.15 bits per heavy atom. The van der Waals surface area contributed by atoms with E-state index in [9.17, 15) is 13.2 Å². The second-order valence-corrected chi connectivity index (χ2v) is 9.19. The lowest BCUT2D eigenvalue weighted by atomic mass is 9.87. The summed E-state index contributed by atoms with van der Waals surface area (Å²) in [6.45, 7) is 8.25. The lowest BCUT2D eigenvalue weighted by Crippen LogP contribution is -2.33. The van der Waals surface area contributed by atoms with Gasteiger partial charge in [-0.25, -0.2) is 8.42 Å². The van der Waals surface area contributed by atoms with Gasteiger partial charge in [0.2, 0.25) is 10.0 Å². The largest absolute Gasteiger partial charge is 0.468 e. The first-order chi connectivity index (χ1) is 12.6. The average molecular weight is 394 g/mol. The molecule has 6 nitrogen and oxygen atoms in total. The summed E-state index contributed by atoms with van der Waals surface area (Å²) in [7, 11) is -3.78. The Hall–Kier alpha value is -2.12. The number of furan rings is 1. The molecule has 0 unspecified atom stereocenters. The number of sulfonamides is 1. The average Bonchev–Trinajstić information content (AvgIpc) is 3.11. The number of ether oxygens (including phenoxy) is 1. The predicted molar refractivity (Wildman–Crippen MR) is 103 cm³/mol.